The van der Waals surface area contributed by atoms with E-state index in [1.807, 2.05) is 0 Å². The topological polar surface area (TPSA) is 35.2 Å². The highest BCUT2D eigenvalue weighted by molar-refractivity contribution is 4.85. The predicted octanol–water partition coefficient (Wildman–Crippen LogP) is 3.74. The van der Waals surface area contributed by atoms with E-state index in [9.17, 15) is 0 Å². The molecule has 102 valence electrons. The lowest BCUT2D eigenvalue weighted by Crippen LogP contribution is -2.36. The summed E-state index contributed by atoms with van der Waals surface area (Å²) in [6.45, 7) is 7.70. The molecule has 0 amide bonds. The fourth-order valence-corrected chi connectivity index (χ4v) is 3.12. The van der Waals surface area contributed by atoms with Crippen molar-refractivity contribution in [2.45, 2.75) is 77.9 Å². The van der Waals surface area contributed by atoms with Gasteiger partial charge in [0.05, 0.1) is 6.10 Å². The van der Waals surface area contributed by atoms with E-state index in [-0.39, 0.29) is 0 Å². The second-order valence-electron chi connectivity index (χ2n) is 5.59. The van der Waals surface area contributed by atoms with Gasteiger partial charge in [-0.25, -0.2) is 0 Å². The van der Waals surface area contributed by atoms with E-state index in [1.54, 1.807) is 0 Å². The summed E-state index contributed by atoms with van der Waals surface area (Å²) in [4.78, 5) is 0. The third-order valence-electron chi connectivity index (χ3n) is 4.36. The summed E-state index contributed by atoms with van der Waals surface area (Å²) >= 11 is 0. The van der Waals surface area contributed by atoms with Crippen LogP contribution in [0.3, 0.4) is 0 Å². The maximum absolute atomic E-state index is 6.41. The fraction of sp³-hybridized carbons (Fsp3) is 1.00. The Kier molecular flexibility index (Phi) is 7.14. The first-order chi connectivity index (χ1) is 8.22. The fourth-order valence-electron chi connectivity index (χ4n) is 3.12. The molecule has 0 aromatic carbocycles. The van der Waals surface area contributed by atoms with Crippen molar-refractivity contribution in [3.63, 3.8) is 0 Å². The first kappa shape index (κ1) is 15.0. The normalized spacial score (nSPS) is 28.2. The van der Waals surface area contributed by atoms with Gasteiger partial charge >= 0.3 is 0 Å². The van der Waals surface area contributed by atoms with Gasteiger partial charge in [0.25, 0.3) is 0 Å². The number of ether oxygens (including phenoxy) is 1. The molecule has 2 nitrogen and oxygen atoms in total. The van der Waals surface area contributed by atoms with Crippen LogP contribution in [0.5, 0.6) is 0 Å². The Balaban J connectivity index is 2.37. The van der Waals surface area contributed by atoms with Crippen molar-refractivity contribution in [1.82, 2.24) is 0 Å². The van der Waals surface area contributed by atoms with Crippen molar-refractivity contribution in [3.05, 3.63) is 0 Å². The van der Waals surface area contributed by atoms with Gasteiger partial charge in [0.1, 0.15) is 0 Å². The minimum Gasteiger partial charge on any atom is -0.378 e. The van der Waals surface area contributed by atoms with Crippen molar-refractivity contribution in [3.8, 4) is 0 Å². The molecule has 1 aliphatic heterocycles. The SMILES string of the molecule is CCCCC(CC)CC(N)C1CCOC1CC. The highest BCUT2D eigenvalue weighted by atomic mass is 16.5. The van der Waals surface area contributed by atoms with Crippen LogP contribution in [0, 0.1) is 11.8 Å². The predicted molar refractivity (Wildman–Crippen MR) is 74.0 cm³/mol. The largest absolute Gasteiger partial charge is 0.378 e. The standard InChI is InChI=1S/C15H31NO/c1-4-7-8-12(5-2)11-14(16)13-9-10-17-15(13)6-3/h12-15H,4-11,16H2,1-3H3. The lowest BCUT2D eigenvalue weighted by Gasteiger charge is -2.27. The van der Waals surface area contributed by atoms with Crippen LogP contribution in [-0.2, 0) is 4.74 Å². The summed E-state index contributed by atoms with van der Waals surface area (Å²) in [7, 11) is 0. The number of hydrogen-bond donors (Lipinski definition) is 1. The van der Waals surface area contributed by atoms with Crippen LogP contribution in [0.4, 0.5) is 0 Å². The summed E-state index contributed by atoms with van der Waals surface area (Å²) < 4.78 is 5.75. The second kappa shape index (κ2) is 8.10. The zero-order valence-corrected chi connectivity index (χ0v) is 12.0. The molecule has 2 N–H and O–H groups in total. The monoisotopic (exact) mass is 241 g/mol. The van der Waals surface area contributed by atoms with Crippen molar-refractivity contribution in [2.75, 3.05) is 6.61 Å². The maximum atomic E-state index is 6.41. The third-order valence-corrected chi connectivity index (χ3v) is 4.36. The molecule has 4 atom stereocenters. The lowest BCUT2D eigenvalue weighted by molar-refractivity contribution is 0.0785. The molecule has 0 radical (unpaired) electrons. The average molecular weight is 241 g/mol. The van der Waals surface area contributed by atoms with Gasteiger partial charge in [0.2, 0.25) is 0 Å². The van der Waals surface area contributed by atoms with Gasteiger partial charge in [-0.05, 0) is 25.2 Å². The van der Waals surface area contributed by atoms with Crippen LogP contribution in [0.15, 0.2) is 0 Å². The Hall–Kier alpha value is -0.0800. The highest BCUT2D eigenvalue weighted by Crippen LogP contribution is 2.30. The summed E-state index contributed by atoms with van der Waals surface area (Å²) in [6, 6.07) is 0.351. The van der Waals surface area contributed by atoms with Gasteiger partial charge in [-0.3, -0.25) is 0 Å². The van der Waals surface area contributed by atoms with E-state index in [0.29, 0.717) is 18.1 Å². The van der Waals surface area contributed by atoms with Gasteiger partial charge < -0.3 is 10.5 Å². The molecule has 17 heavy (non-hydrogen) atoms. The highest BCUT2D eigenvalue weighted by Gasteiger charge is 2.32. The van der Waals surface area contributed by atoms with E-state index in [4.69, 9.17) is 10.5 Å². The van der Waals surface area contributed by atoms with E-state index in [1.165, 1.54) is 38.5 Å². The Bertz CT molecular complexity index is 195. The number of nitrogens with two attached hydrogens (primary N) is 1. The van der Waals surface area contributed by atoms with Crippen LogP contribution < -0.4 is 5.73 Å². The molecule has 1 rings (SSSR count). The number of rotatable bonds is 8. The summed E-state index contributed by atoms with van der Waals surface area (Å²) in [5.41, 5.74) is 6.41. The van der Waals surface area contributed by atoms with Gasteiger partial charge in [0, 0.05) is 18.6 Å². The molecule has 1 fully saturated rings. The minimum absolute atomic E-state index is 0.351. The molecule has 0 aromatic rings. The van der Waals surface area contributed by atoms with Crippen LogP contribution in [0.25, 0.3) is 0 Å². The van der Waals surface area contributed by atoms with E-state index in [0.717, 1.165) is 18.9 Å². The molecule has 0 spiro atoms. The van der Waals surface area contributed by atoms with Crippen LogP contribution in [-0.4, -0.2) is 18.8 Å². The number of unbranched alkanes of at least 4 members (excludes halogenated alkanes) is 1. The third kappa shape index (κ3) is 4.59. The number of hydrogen-bond acceptors (Lipinski definition) is 2. The molecule has 0 aliphatic carbocycles. The molecule has 1 aliphatic rings. The molecular formula is C15H31NO. The molecule has 0 aromatic heterocycles. The Morgan fingerprint density at radius 3 is 2.65 bits per heavy atom. The van der Waals surface area contributed by atoms with Crippen LogP contribution in [0.1, 0.15) is 65.7 Å². The Labute approximate surface area is 107 Å². The van der Waals surface area contributed by atoms with Crippen molar-refractivity contribution >= 4 is 0 Å². The lowest BCUT2D eigenvalue weighted by atomic mass is 9.83. The first-order valence-electron chi connectivity index (χ1n) is 7.60. The van der Waals surface area contributed by atoms with Crippen molar-refractivity contribution in [1.29, 1.82) is 0 Å². The van der Waals surface area contributed by atoms with Crippen LogP contribution >= 0.6 is 0 Å². The minimum atomic E-state index is 0.351. The van der Waals surface area contributed by atoms with Gasteiger partial charge in [-0.2, -0.15) is 0 Å². The van der Waals surface area contributed by atoms with E-state index in [2.05, 4.69) is 20.8 Å². The Morgan fingerprint density at radius 2 is 2.06 bits per heavy atom. The zero-order chi connectivity index (χ0) is 12.7. The smallest absolute Gasteiger partial charge is 0.0616 e. The molecule has 1 heterocycles. The van der Waals surface area contributed by atoms with Gasteiger partial charge in [0.15, 0.2) is 0 Å². The summed E-state index contributed by atoms with van der Waals surface area (Å²) in [5.74, 6) is 1.43. The molecule has 2 heteroatoms. The zero-order valence-electron chi connectivity index (χ0n) is 12.0. The molecular weight excluding hydrogens is 210 g/mol. The molecule has 0 saturated carbocycles. The molecule has 4 unspecified atom stereocenters. The summed E-state index contributed by atoms with van der Waals surface area (Å²) in [6.07, 6.45) is 9.19. The maximum Gasteiger partial charge on any atom is 0.0616 e. The molecule has 1 saturated heterocycles. The molecule has 0 bridgehead atoms. The van der Waals surface area contributed by atoms with Crippen molar-refractivity contribution < 1.29 is 4.74 Å². The average Bonchev–Trinajstić information content (AvgIpc) is 2.82. The summed E-state index contributed by atoms with van der Waals surface area (Å²) in [5, 5.41) is 0. The van der Waals surface area contributed by atoms with E-state index < -0.39 is 0 Å². The van der Waals surface area contributed by atoms with Gasteiger partial charge in [-0.1, -0.05) is 46.5 Å². The van der Waals surface area contributed by atoms with Gasteiger partial charge in [-0.15, -0.1) is 0 Å². The van der Waals surface area contributed by atoms with E-state index >= 15 is 0 Å². The Morgan fingerprint density at radius 1 is 1.29 bits per heavy atom. The quantitative estimate of drug-likeness (QED) is 0.702. The van der Waals surface area contributed by atoms with Crippen LogP contribution in [0.2, 0.25) is 0 Å². The van der Waals surface area contributed by atoms with Crippen molar-refractivity contribution in [2.24, 2.45) is 17.6 Å². The first-order valence-corrected chi connectivity index (χ1v) is 7.60. The second-order valence-corrected chi connectivity index (χ2v) is 5.59.